The average molecular weight is 279 g/mol. The van der Waals surface area contributed by atoms with Crippen LogP contribution in [0.15, 0.2) is 4.52 Å². The zero-order valence-corrected chi connectivity index (χ0v) is 11.8. The van der Waals surface area contributed by atoms with E-state index < -0.39 is 0 Å². The summed E-state index contributed by atoms with van der Waals surface area (Å²) in [5.41, 5.74) is 0. The molecular formula is C11H17N7O2. The van der Waals surface area contributed by atoms with Crippen LogP contribution in [0.3, 0.4) is 0 Å². The van der Waals surface area contributed by atoms with Crippen molar-refractivity contribution >= 4 is 11.9 Å². The second-order valence-electron chi connectivity index (χ2n) is 4.27. The van der Waals surface area contributed by atoms with E-state index in [9.17, 15) is 0 Å². The lowest BCUT2D eigenvalue weighted by Gasteiger charge is -2.10. The van der Waals surface area contributed by atoms with Gasteiger partial charge in [-0.2, -0.15) is 19.9 Å². The van der Waals surface area contributed by atoms with E-state index in [4.69, 9.17) is 9.26 Å². The number of anilines is 2. The van der Waals surface area contributed by atoms with Crippen molar-refractivity contribution in [2.45, 2.75) is 33.4 Å². The first-order valence-electron chi connectivity index (χ1n) is 6.20. The van der Waals surface area contributed by atoms with E-state index in [1.807, 2.05) is 13.8 Å². The van der Waals surface area contributed by atoms with Crippen LogP contribution in [0, 0.1) is 6.92 Å². The summed E-state index contributed by atoms with van der Waals surface area (Å²) in [5.74, 6) is 1.83. The minimum absolute atomic E-state index is 0.0199. The Kier molecular flexibility index (Phi) is 4.28. The largest absolute Gasteiger partial charge is 0.461 e. The lowest BCUT2D eigenvalue weighted by Crippen LogP contribution is -2.13. The van der Waals surface area contributed by atoms with Gasteiger partial charge in [0.15, 0.2) is 5.82 Å². The fourth-order valence-corrected chi connectivity index (χ4v) is 1.38. The van der Waals surface area contributed by atoms with Gasteiger partial charge in [-0.25, -0.2) is 0 Å². The molecule has 0 unspecified atom stereocenters. The quantitative estimate of drug-likeness (QED) is 0.799. The Bertz CT molecular complexity index is 570. The van der Waals surface area contributed by atoms with Gasteiger partial charge in [0.1, 0.15) is 0 Å². The summed E-state index contributed by atoms with van der Waals surface area (Å²) in [4.78, 5) is 16.5. The summed E-state index contributed by atoms with van der Waals surface area (Å²) in [5, 5.41) is 9.54. The van der Waals surface area contributed by atoms with Crippen LogP contribution in [0.2, 0.25) is 0 Å². The van der Waals surface area contributed by atoms with E-state index in [2.05, 4.69) is 35.7 Å². The summed E-state index contributed by atoms with van der Waals surface area (Å²) in [7, 11) is 1.72. The maximum Gasteiger partial charge on any atom is 0.323 e. The number of nitrogens with one attached hydrogen (secondary N) is 2. The molecule has 2 rings (SSSR count). The van der Waals surface area contributed by atoms with E-state index in [-0.39, 0.29) is 12.1 Å². The van der Waals surface area contributed by atoms with Crippen LogP contribution in [0.25, 0.3) is 0 Å². The zero-order valence-electron chi connectivity index (χ0n) is 11.8. The van der Waals surface area contributed by atoms with Crippen molar-refractivity contribution in [3.8, 4) is 6.01 Å². The molecule has 0 aliphatic heterocycles. The van der Waals surface area contributed by atoms with Crippen LogP contribution in [0.1, 0.15) is 25.6 Å². The van der Waals surface area contributed by atoms with Crippen molar-refractivity contribution in [2.24, 2.45) is 0 Å². The monoisotopic (exact) mass is 279 g/mol. The lowest BCUT2D eigenvalue weighted by molar-refractivity contribution is 0.222. The second-order valence-corrected chi connectivity index (χ2v) is 4.27. The van der Waals surface area contributed by atoms with Crippen molar-refractivity contribution in [1.82, 2.24) is 25.1 Å². The minimum Gasteiger partial charge on any atom is -0.461 e. The Morgan fingerprint density at radius 1 is 1.15 bits per heavy atom. The van der Waals surface area contributed by atoms with Crippen molar-refractivity contribution in [3.05, 3.63) is 11.7 Å². The van der Waals surface area contributed by atoms with E-state index in [1.54, 1.807) is 14.0 Å². The van der Waals surface area contributed by atoms with Gasteiger partial charge in [0, 0.05) is 7.05 Å². The standard InChI is InChI=1S/C11H17N7O2/c1-6(2)19-11-16-9(12-4)15-10(17-11)13-5-8-14-7(3)18-20-8/h6H,5H2,1-4H3,(H2,12,13,15,16,17). The molecule has 20 heavy (non-hydrogen) atoms. The molecule has 9 heteroatoms. The highest BCUT2D eigenvalue weighted by Gasteiger charge is 2.09. The number of aryl methyl sites for hydroxylation is 1. The molecule has 0 atom stereocenters. The maximum absolute atomic E-state index is 5.46. The van der Waals surface area contributed by atoms with Gasteiger partial charge in [-0.15, -0.1) is 0 Å². The van der Waals surface area contributed by atoms with Crippen LogP contribution < -0.4 is 15.4 Å². The van der Waals surface area contributed by atoms with E-state index >= 15 is 0 Å². The molecule has 0 spiro atoms. The van der Waals surface area contributed by atoms with Gasteiger partial charge < -0.3 is 19.9 Å². The molecule has 2 aromatic rings. The molecule has 2 heterocycles. The summed E-state index contributed by atoms with van der Waals surface area (Å²) in [6.45, 7) is 5.88. The number of hydrogen-bond acceptors (Lipinski definition) is 9. The van der Waals surface area contributed by atoms with E-state index in [0.29, 0.717) is 30.2 Å². The fourth-order valence-electron chi connectivity index (χ4n) is 1.38. The van der Waals surface area contributed by atoms with Crippen LogP contribution >= 0.6 is 0 Å². The number of hydrogen-bond donors (Lipinski definition) is 2. The highest BCUT2D eigenvalue weighted by atomic mass is 16.5. The number of rotatable bonds is 6. The van der Waals surface area contributed by atoms with Crippen molar-refractivity contribution in [2.75, 3.05) is 17.7 Å². The summed E-state index contributed by atoms with van der Waals surface area (Å²) >= 11 is 0. The second kappa shape index (κ2) is 6.13. The molecule has 0 amide bonds. The SMILES string of the molecule is CNc1nc(NCc2nc(C)no2)nc(OC(C)C)n1. The molecule has 0 aliphatic carbocycles. The lowest BCUT2D eigenvalue weighted by atomic mass is 10.5. The predicted molar refractivity (Wildman–Crippen MR) is 71.5 cm³/mol. The van der Waals surface area contributed by atoms with Gasteiger partial charge in [0.2, 0.25) is 17.8 Å². The first-order valence-corrected chi connectivity index (χ1v) is 6.20. The molecule has 0 aromatic carbocycles. The Hall–Kier alpha value is -2.45. The Morgan fingerprint density at radius 3 is 2.50 bits per heavy atom. The first-order chi connectivity index (χ1) is 9.56. The highest BCUT2D eigenvalue weighted by Crippen LogP contribution is 2.12. The highest BCUT2D eigenvalue weighted by molar-refractivity contribution is 5.35. The van der Waals surface area contributed by atoms with E-state index in [0.717, 1.165) is 0 Å². The summed E-state index contributed by atoms with van der Waals surface area (Å²) in [6, 6.07) is 0.253. The van der Waals surface area contributed by atoms with Crippen LogP contribution in [0.5, 0.6) is 6.01 Å². The third-order valence-corrected chi connectivity index (χ3v) is 2.15. The summed E-state index contributed by atoms with van der Waals surface area (Å²) < 4.78 is 10.5. The topological polar surface area (TPSA) is 111 Å². The van der Waals surface area contributed by atoms with Gasteiger partial charge in [-0.3, -0.25) is 0 Å². The normalized spacial score (nSPS) is 10.7. The molecule has 0 fully saturated rings. The molecule has 9 nitrogen and oxygen atoms in total. The molecule has 0 saturated heterocycles. The molecule has 108 valence electrons. The van der Waals surface area contributed by atoms with Crippen LogP contribution in [-0.2, 0) is 6.54 Å². The van der Waals surface area contributed by atoms with Gasteiger partial charge in [-0.05, 0) is 20.8 Å². The molecule has 0 bridgehead atoms. The molecule has 0 saturated carbocycles. The third kappa shape index (κ3) is 3.77. The minimum atomic E-state index is -0.0199. The number of aromatic nitrogens is 5. The van der Waals surface area contributed by atoms with Gasteiger partial charge >= 0.3 is 6.01 Å². The Balaban J connectivity index is 2.09. The maximum atomic E-state index is 5.46. The van der Waals surface area contributed by atoms with Crippen molar-refractivity contribution in [3.63, 3.8) is 0 Å². The van der Waals surface area contributed by atoms with Gasteiger partial charge in [0.25, 0.3) is 0 Å². The fraction of sp³-hybridized carbons (Fsp3) is 0.545. The van der Waals surface area contributed by atoms with Crippen LogP contribution in [-0.4, -0.2) is 38.2 Å². The van der Waals surface area contributed by atoms with Gasteiger partial charge in [0.05, 0.1) is 12.6 Å². The Labute approximate surface area is 116 Å². The van der Waals surface area contributed by atoms with E-state index in [1.165, 1.54) is 0 Å². The Morgan fingerprint density at radius 2 is 1.90 bits per heavy atom. The average Bonchev–Trinajstić information content (AvgIpc) is 2.81. The summed E-state index contributed by atoms with van der Waals surface area (Å²) in [6.07, 6.45) is -0.0199. The smallest absolute Gasteiger partial charge is 0.323 e. The predicted octanol–water partition coefficient (Wildman–Crippen LogP) is 1.00. The number of nitrogens with zero attached hydrogens (tertiary/aromatic N) is 5. The van der Waals surface area contributed by atoms with Gasteiger partial charge in [-0.1, -0.05) is 5.16 Å². The zero-order chi connectivity index (χ0) is 14.5. The molecule has 2 N–H and O–H groups in total. The molecule has 0 radical (unpaired) electrons. The molecule has 2 aromatic heterocycles. The third-order valence-electron chi connectivity index (χ3n) is 2.15. The number of ether oxygens (including phenoxy) is 1. The van der Waals surface area contributed by atoms with Crippen molar-refractivity contribution in [1.29, 1.82) is 0 Å². The van der Waals surface area contributed by atoms with Crippen molar-refractivity contribution < 1.29 is 9.26 Å². The first kappa shape index (κ1) is 14.0. The molecular weight excluding hydrogens is 262 g/mol. The molecule has 0 aliphatic rings. The van der Waals surface area contributed by atoms with Crippen LogP contribution in [0.4, 0.5) is 11.9 Å².